The molecule has 1 amide bonds. The second-order valence-corrected chi connectivity index (χ2v) is 10.2. The van der Waals surface area contributed by atoms with Crippen LogP contribution < -0.4 is 26.0 Å². The zero-order valence-corrected chi connectivity index (χ0v) is 17.9. The SMILES string of the molecule is CC1=NC2SC(C(=O)N[C@H]3COc4cc(N5CCNCC5)ccc4C3)=C(N)C2S1. The smallest absolute Gasteiger partial charge is 0.259 e. The minimum Gasteiger partial charge on any atom is -0.491 e. The molecular weight excluding hydrogens is 406 g/mol. The molecule has 1 aromatic carbocycles. The maximum absolute atomic E-state index is 12.8. The molecule has 1 fully saturated rings. The van der Waals surface area contributed by atoms with E-state index < -0.39 is 0 Å². The molecule has 0 aromatic heterocycles. The zero-order chi connectivity index (χ0) is 20.0. The number of carbonyl (C=O) groups is 1. The van der Waals surface area contributed by atoms with Gasteiger partial charge in [-0.3, -0.25) is 9.79 Å². The van der Waals surface area contributed by atoms with E-state index in [4.69, 9.17) is 10.5 Å². The monoisotopic (exact) mass is 431 g/mol. The molecule has 4 aliphatic heterocycles. The van der Waals surface area contributed by atoms with Gasteiger partial charge in [-0.15, -0.1) is 0 Å². The van der Waals surface area contributed by atoms with Crippen molar-refractivity contribution in [1.29, 1.82) is 0 Å². The van der Waals surface area contributed by atoms with Crippen LogP contribution in [0.15, 0.2) is 33.8 Å². The van der Waals surface area contributed by atoms with Gasteiger partial charge in [0.1, 0.15) is 17.7 Å². The van der Waals surface area contributed by atoms with Crippen molar-refractivity contribution < 1.29 is 9.53 Å². The van der Waals surface area contributed by atoms with Gasteiger partial charge in [0.25, 0.3) is 5.91 Å². The third kappa shape index (κ3) is 3.71. The number of anilines is 1. The molecule has 0 saturated carbocycles. The number of aliphatic imine (C=N–C) groups is 1. The van der Waals surface area contributed by atoms with Gasteiger partial charge in [0.2, 0.25) is 0 Å². The highest BCUT2D eigenvalue weighted by Gasteiger charge is 2.41. The number of piperazine rings is 1. The number of amides is 1. The molecular formula is C20H25N5O2S2. The van der Waals surface area contributed by atoms with Gasteiger partial charge in [-0.05, 0) is 25.0 Å². The lowest BCUT2D eigenvalue weighted by atomic mass is 10.0. The number of nitrogens with two attached hydrogens (primary N) is 1. The van der Waals surface area contributed by atoms with Crippen molar-refractivity contribution in [2.24, 2.45) is 10.7 Å². The number of hydrogen-bond acceptors (Lipinski definition) is 8. The highest BCUT2D eigenvalue weighted by Crippen LogP contribution is 2.47. The summed E-state index contributed by atoms with van der Waals surface area (Å²) in [5.41, 5.74) is 9.25. The molecule has 1 aromatic rings. The summed E-state index contributed by atoms with van der Waals surface area (Å²) in [5, 5.41) is 7.65. The number of benzene rings is 1. The molecule has 0 radical (unpaired) electrons. The lowest BCUT2D eigenvalue weighted by molar-refractivity contribution is -0.117. The standard InChI is InChI=1S/C20H25N5O2S2/c1-11-23-20-18(28-11)16(21)17(29-20)19(26)24-13-8-12-2-3-14(9-15(12)27-10-13)25-6-4-22-5-7-25/h2-3,9,13,18,20,22H,4-8,10,21H2,1H3,(H,24,26)/t13-,18?,20?/m1/s1. The first-order chi connectivity index (χ1) is 14.1. The highest BCUT2D eigenvalue weighted by atomic mass is 32.2. The highest BCUT2D eigenvalue weighted by molar-refractivity contribution is 8.16. The Morgan fingerprint density at radius 2 is 2.17 bits per heavy atom. The molecule has 2 unspecified atom stereocenters. The quantitative estimate of drug-likeness (QED) is 0.664. The molecule has 5 rings (SSSR count). The number of ether oxygens (including phenoxy) is 1. The average molecular weight is 432 g/mol. The number of hydrogen-bond donors (Lipinski definition) is 3. The number of fused-ring (bicyclic) bond motifs is 2. The van der Waals surface area contributed by atoms with Crippen LogP contribution in [0.3, 0.4) is 0 Å². The predicted octanol–water partition coefficient (Wildman–Crippen LogP) is 1.29. The summed E-state index contributed by atoms with van der Waals surface area (Å²) in [6.07, 6.45) is 0.764. The van der Waals surface area contributed by atoms with Gasteiger partial charge in [0.05, 0.1) is 21.2 Å². The van der Waals surface area contributed by atoms with E-state index in [0.29, 0.717) is 17.2 Å². The van der Waals surface area contributed by atoms with E-state index in [1.165, 1.54) is 17.4 Å². The molecule has 0 spiro atoms. The molecule has 0 bridgehead atoms. The summed E-state index contributed by atoms with van der Waals surface area (Å²) in [4.78, 5) is 20.4. The Balaban J connectivity index is 1.23. The summed E-state index contributed by atoms with van der Waals surface area (Å²) in [6.45, 7) is 6.49. The predicted molar refractivity (Wildman–Crippen MR) is 120 cm³/mol. The van der Waals surface area contributed by atoms with Crippen LogP contribution in [0.5, 0.6) is 5.75 Å². The van der Waals surface area contributed by atoms with Crippen molar-refractivity contribution in [2.75, 3.05) is 37.7 Å². The number of nitrogens with one attached hydrogen (secondary N) is 2. The number of nitrogens with zero attached hydrogens (tertiary/aromatic N) is 2. The summed E-state index contributed by atoms with van der Waals surface area (Å²) in [6, 6.07) is 6.36. The molecule has 3 atom stereocenters. The van der Waals surface area contributed by atoms with Gasteiger partial charge < -0.3 is 26.0 Å². The maximum atomic E-state index is 12.8. The third-order valence-corrected chi connectivity index (χ3v) is 8.31. The topological polar surface area (TPSA) is 92.0 Å². The lowest BCUT2D eigenvalue weighted by Crippen LogP contribution is -2.44. The van der Waals surface area contributed by atoms with Gasteiger partial charge in [0.15, 0.2) is 0 Å². The molecule has 4 aliphatic rings. The summed E-state index contributed by atoms with van der Waals surface area (Å²) >= 11 is 3.12. The first kappa shape index (κ1) is 19.1. The maximum Gasteiger partial charge on any atom is 0.259 e. The van der Waals surface area contributed by atoms with Gasteiger partial charge in [-0.2, -0.15) is 0 Å². The largest absolute Gasteiger partial charge is 0.491 e. The van der Waals surface area contributed by atoms with Crippen LogP contribution in [-0.2, 0) is 11.2 Å². The third-order valence-electron chi connectivity index (χ3n) is 5.65. The van der Waals surface area contributed by atoms with E-state index in [0.717, 1.165) is 49.0 Å². The Kier molecular flexibility index (Phi) is 5.13. The van der Waals surface area contributed by atoms with Crippen molar-refractivity contribution in [2.45, 2.75) is 30.0 Å². The van der Waals surface area contributed by atoms with Gasteiger partial charge in [0, 0.05) is 43.6 Å². The minimum atomic E-state index is -0.107. The van der Waals surface area contributed by atoms with Crippen LogP contribution in [0.4, 0.5) is 5.69 Å². The first-order valence-corrected chi connectivity index (χ1v) is 11.7. The number of carbonyl (C=O) groups excluding carboxylic acids is 1. The van der Waals surface area contributed by atoms with Crippen LogP contribution >= 0.6 is 23.5 Å². The molecule has 1 saturated heterocycles. The Morgan fingerprint density at radius 3 is 2.97 bits per heavy atom. The molecule has 4 heterocycles. The summed E-state index contributed by atoms with van der Waals surface area (Å²) < 4.78 is 6.01. The van der Waals surface area contributed by atoms with Crippen molar-refractivity contribution >= 4 is 40.2 Å². The van der Waals surface area contributed by atoms with Gasteiger partial charge in [-0.1, -0.05) is 29.6 Å². The van der Waals surface area contributed by atoms with Crippen LogP contribution in [0.25, 0.3) is 0 Å². The molecule has 29 heavy (non-hydrogen) atoms. The van der Waals surface area contributed by atoms with Crippen LogP contribution in [0, 0.1) is 0 Å². The fourth-order valence-corrected chi connectivity index (χ4v) is 6.74. The van der Waals surface area contributed by atoms with Crippen LogP contribution in [0.2, 0.25) is 0 Å². The van der Waals surface area contributed by atoms with Gasteiger partial charge in [-0.25, -0.2) is 0 Å². The van der Waals surface area contributed by atoms with Crippen molar-refractivity contribution in [3.8, 4) is 5.75 Å². The van der Waals surface area contributed by atoms with Gasteiger partial charge >= 0.3 is 0 Å². The summed E-state index contributed by atoms with van der Waals surface area (Å²) in [7, 11) is 0. The lowest BCUT2D eigenvalue weighted by Gasteiger charge is -2.31. The molecule has 7 nitrogen and oxygen atoms in total. The molecule has 4 N–H and O–H groups in total. The Morgan fingerprint density at radius 1 is 1.34 bits per heavy atom. The van der Waals surface area contributed by atoms with E-state index in [9.17, 15) is 4.79 Å². The Labute approximate surface area is 178 Å². The fourth-order valence-electron chi connectivity index (χ4n) is 4.15. The first-order valence-electron chi connectivity index (χ1n) is 9.98. The minimum absolute atomic E-state index is 0.0347. The Hall–Kier alpha value is -1.84. The molecule has 9 heteroatoms. The second kappa shape index (κ2) is 7.77. The van der Waals surface area contributed by atoms with Crippen molar-refractivity contribution in [3.63, 3.8) is 0 Å². The van der Waals surface area contributed by atoms with Crippen LogP contribution in [-0.4, -0.2) is 60.4 Å². The van der Waals surface area contributed by atoms with E-state index in [-0.39, 0.29) is 22.6 Å². The molecule has 0 aliphatic carbocycles. The zero-order valence-electron chi connectivity index (χ0n) is 16.3. The van der Waals surface area contributed by atoms with E-state index in [1.807, 2.05) is 6.92 Å². The van der Waals surface area contributed by atoms with E-state index in [1.54, 1.807) is 11.8 Å². The van der Waals surface area contributed by atoms with Crippen molar-refractivity contribution in [1.82, 2.24) is 10.6 Å². The second-order valence-electron chi connectivity index (χ2n) is 7.69. The number of thioether (sulfide) groups is 2. The normalized spacial score (nSPS) is 28.5. The number of rotatable bonds is 3. The molecule has 154 valence electrons. The summed E-state index contributed by atoms with van der Waals surface area (Å²) in [5.74, 6) is 0.820. The van der Waals surface area contributed by atoms with Crippen LogP contribution in [0.1, 0.15) is 12.5 Å². The van der Waals surface area contributed by atoms with E-state index >= 15 is 0 Å². The van der Waals surface area contributed by atoms with E-state index in [2.05, 4.69) is 38.7 Å². The van der Waals surface area contributed by atoms with Crippen molar-refractivity contribution in [3.05, 3.63) is 34.4 Å². The Bertz CT molecular complexity index is 897. The fraction of sp³-hybridized carbons (Fsp3) is 0.500. The average Bonchev–Trinajstić information content (AvgIpc) is 3.25.